The molecule has 0 saturated carbocycles. The van der Waals surface area contributed by atoms with E-state index in [1.165, 1.54) is 24.6 Å². The second kappa shape index (κ2) is 8.75. The molecule has 1 heterocycles. The van der Waals surface area contributed by atoms with Crippen molar-refractivity contribution in [3.8, 4) is 11.5 Å². The first kappa shape index (κ1) is 21.0. The summed E-state index contributed by atoms with van der Waals surface area (Å²) in [4.78, 5) is 12.2. The molecule has 7 nitrogen and oxygen atoms in total. The Hall–Kier alpha value is -2.71. The van der Waals surface area contributed by atoms with Crippen LogP contribution in [0.3, 0.4) is 0 Å². The molecule has 0 bridgehead atoms. The van der Waals surface area contributed by atoms with Crippen LogP contribution in [0.4, 0.5) is 11.4 Å². The van der Waals surface area contributed by atoms with Crippen molar-refractivity contribution in [2.24, 2.45) is 0 Å². The summed E-state index contributed by atoms with van der Waals surface area (Å²) >= 11 is 6.16. The first-order valence-corrected chi connectivity index (χ1v) is 10.8. The molecule has 1 N–H and O–H groups in total. The molecule has 0 spiro atoms. The summed E-state index contributed by atoms with van der Waals surface area (Å²) in [6, 6.07) is 10.1. The van der Waals surface area contributed by atoms with Gasteiger partial charge in [0.05, 0.1) is 30.7 Å². The summed E-state index contributed by atoms with van der Waals surface area (Å²) in [5, 5.41) is 3.11. The average Bonchev–Trinajstić information content (AvgIpc) is 3.05. The molecule has 1 aliphatic rings. The number of carbonyl (C=O) groups is 1. The van der Waals surface area contributed by atoms with E-state index in [1.807, 2.05) is 0 Å². The van der Waals surface area contributed by atoms with Crippen LogP contribution in [0, 0.1) is 0 Å². The van der Waals surface area contributed by atoms with Gasteiger partial charge in [-0.25, -0.2) is 8.42 Å². The Morgan fingerprint density at radius 2 is 1.90 bits per heavy atom. The number of nitrogens with zero attached hydrogens (tertiary/aromatic N) is 1. The van der Waals surface area contributed by atoms with Crippen LogP contribution >= 0.6 is 11.6 Å². The number of nitrogens with one attached hydrogen (secondary N) is 1. The Balaban J connectivity index is 1.67. The minimum atomic E-state index is -3.22. The molecule has 1 amide bonds. The Morgan fingerprint density at radius 1 is 1.17 bits per heavy atom. The number of sulfonamides is 1. The lowest BCUT2D eigenvalue weighted by atomic mass is 10.2. The summed E-state index contributed by atoms with van der Waals surface area (Å²) in [6.45, 7) is 0.477. The van der Waals surface area contributed by atoms with Gasteiger partial charge in [-0.2, -0.15) is 0 Å². The number of anilines is 2. The SMILES string of the molecule is COc1cc(/C=C/C(=O)Nc2ccc(N3CCCS3(=O)=O)cc2)cc(Cl)c1OC. The van der Waals surface area contributed by atoms with Gasteiger partial charge in [0.1, 0.15) is 0 Å². The lowest BCUT2D eigenvalue weighted by Gasteiger charge is -2.17. The zero-order chi connectivity index (χ0) is 21.0. The molecule has 2 aromatic carbocycles. The molecule has 0 aromatic heterocycles. The fourth-order valence-electron chi connectivity index (χ4n) is 3.03. The van der Waals surface area contributed by atoms with E-state index in [0.717, 1.165) is 0 Å². The van der Waals surface area contributed by atoms with Gasteiger partial charge in [-0.15, -0.1) is 0 Å². The Bertz CT molecular complexity index is 1040. The van der Waals surface area contributed by atoms with E-state index in [9.17, 15) is 13.2 Å². The van der Waals surface area contributed by atoms with Crippen molar-refractivity contribution in [2.75, 3.05) is 36.1 Å². The van der Waals surface area contributed by atoms with E-state index in [0.29, 0.717) is 46.4 Å². The predicted molar refractivity (Wildman–Crippen MR) is 114 cm³/mol. The molecule has 1 fully saturated rings. The lowest BCUT2D eigenvalue weighted by molar-refractivity contribution is -0.111. The van der Waals surface area contributed by atoms with Crippen LogP contribution in [-0.4, -0.2) is 40.8 Å². The maximum atomic E-state index is 12.2. The zero-order valence-corrected chi connectivity index (χ0v) is 17.6. The number of hydrogen-bond acceptors (Lipinski definition) is 5. The molecular weight excluding hydrogens is 416 g/mol. The fraction of sp³-hybridized carbons (Fsp3) is 0.250. The molecule has 0 atom stereocenters. The van der Waals surface area contributed by atoms with Crippen molar-refractivity contribution in [3.05, 3.63) is 53.1 Å². The van der Waals surface area contributed by atoms with Crippen molar-refractivity contribution in [1.82, 2.24) is 0 Å². The monoisotopic (exact) mass is 436 g/mol. The van der Waals surface area contributed by atoms with Gasteiger partial charge in [-0.1, -0.05) is 11.6 Å². The van der Waals surface area contributed by atoms with Crippen LogP contribution in [-0.2, 0) is 14.8 Å². The maximum absolute atomic E-state index is 12.2. The molecule has 0 unspecified atom stereocenters. The van der Waals surface area contributed by atoms with E-state index in [4.69, 9.17) is 21.1 Å². The lowest BCUT2D eigenvalue weighted by Crippen LogP contribution is -2.24. The average molecular weight is 437 g/mol. The van der Waals surface area contributed by atoms with E-state index in [-0.39, 0.29) is 11.7 Å². The smallest absolute Gasteiger partial charge is 0.248 e. The standard InChI is InChI=1S/C20H21ClN2O5S/c1-27-18-13-14(12-17(21)20(18)28-2)4-9-19(24)22-15-5-7-16(8-6-15)23-10-3-11-29(23,25)26/h4-9,12-13H,3,10-11H2,1-2H3,(H,22,24)/b9-4+. The first-order chi connectivity index (χ1) is 13.8. The molecule has 1 saturated heterocycles. The summed E-state index contributed by atoms with van der Waals surface area (Å²) < 4.78 is 35.8. The molecule has 154 valence electrons. The van der Waals surface area contributed by atoms with Crippen LogP contribution < -0.4 is 19.1 Å². The highest BCUT2D eigenvalue weighted by Crippen LogP contribution is 2.36. The third-order valence-corrected chi connectivity index (χ3v) is 6.56. The highest BCUT2D eigenvalue weighted by molar-refractivity contribution is 7.93. The van der Waals surface area contributed by atoms with Crippen LogP contribution in [0.1, 0.15) is 12.0 Å². The third kappa shape index (κ3) is 4.83. The minimum Gasteiger partial charge on any atom is -0.493 e. The van der Waals surface area contributed by atoms with Crippen molar-refractivity contribution in [1.29, 1.82) is 0 Å². The fourth-order valence-corrected chi connectivity index (χ4v) is 4.89. The van der Waals surface area contributed by atoms with Crippen LogP contribution in [0.2, 0.25) is 5.02 Å². The summed E-state index contributed by atoms with van der Waals surface area (Å²) in [7, 11) is -0.222. The second-order valence-electron chi connectivity index (χ2n) is 6.35. The largest absolute Gasteiger partial charge is 0.493 e. The minimum absolute atomic E-state index is 0.163. The first-order valence-electron chi connectivity index (χ1n) is 8.85. The number of rotatable bonds is 6. The van der Waals surface area contributed by atoms with Gasteiger partial charge in [0.2, 0.25) is 15.9 Å². The number of benzene rings is 2. The second-order valence-corrected chi connectivity index (χ2v) is 8.77. The van der Waals surface area contributed by atoms with E-state index in [2.05, 4.69) is 5.32 Å². The van der Waals surface area contributed by atoms with Crippen LogP contribution in [0.5, 0.6) is 11.5 Å². The number of hydrogen-bond donors (Lipinski definition) is 1. The van der Waals surface area contributed by atoms with Crippen molar-refractivity contribution in [2.45, 2.75) is 6.42 Å². The summed E-state index contributed by atoms with van der Waals surface area (Å²) in [5.41, 5.74) is 1.83. The van der Waals surface area contributed by atoms with Gasteiger partial charge in [-0.3, -0.25) is 9.10 Å². The van der Waals surface area contributed by atoms with E-state index in [1.54, 1.807) is 42.5 Å². The highest BCUT2D eigenvalue weighted by Gasteiger charge is 2.28. The van der Waals surface area contributed by atoms with Gasteiger partial charge >= 0.3 is 0 Å². The van der Waals surface area contributed by atoms with Crippen LogP contribution in [0.15, 0.2) is 42.5 Å². The van der Waals surface area contributed by atoms with Gasteiger partial charge < -0.3 is 14.8 Å². The van der Waals surface area contributed by atoms with Gasteiger partial charge in [0.25, 0.3) is 0 Å². The zero-order valence-electron chi connectivity index (χ0n) is 16.0. The molecular formula is C20H21ClN2O5S. The quantitative estimate of drug-likeness (QED) is 0.700. The van der Waals surface area contributed by atoms with Gasteiger partial charge in [-0.05, 0) is 54.5 Å². The number of carbonyl (C=O) groups excluding carboxylic acids is 1. The Labute approximate surface area is 174 Å². The summed E-state index contributed by atoms with van der Waals surface area (Å²) in [5.74, 6) is 0.719. The molecule has 2 aromatic rings. The van der Waals surface area contributed by atoms with E-state index < -0.39 is 10.0 Å². The highest BCUT2D eigenvalue weighted by atomic mass is 35.5. The Kier molecular flexibility index (Phi) is 6.34. The molecule has 0 aliphatic carbocycles. The van der Waals surface area contributed by atoms with Gasteiger partial charge in [0, 0.05) is 18.3 Å². The number of amides is 1. The number of ether oxygens (including phenoxy) is 2. The number of halogens is 1. The van der Waals surface area contributed by atoms with Crippen LogP contribution in [0.25, 0.3) is 6.08 Å². The summed E-state index contributed by atoms with van der Waals surface area (Å²) in [6.07, 6.45) is 3.59. The van der Waals surface area contributed by atoms with Crippen molar-refractivity contribution < 1.29 is 22.7 Å². The van der Waals surface area contributed by atoms with Crippen molar-refractivity contribution >= 4 is 45.0 Å². The normalized spacial score (nSPS) is 15.5. The Morgan fingerprint density at radius 3 is 2.48 bits per heavy atom. The van der Waals surface area contributed by atoms with E-state index >= 15 is 0 Å². The molecule has 1 aliphatic heterocycles. The number of methoxy groups -OCH3 is 2. The van der Waals surface area contributed by atoms with Gasteiger partial charge in [0.15, 0.2) is 11.5 Å². The molecule has 29 heavy (non-hydrogen) atoms. The third-order valence-electron chi connectivity index (χ3n) is 4.41. The molecule has 0 radical (unpaired) electrons. The maximum Gasteiger partial charge on any atom is 0.248 e. The predicted octanol–water partition coefficient (Wildman–Crippen LogP) is 3.55. The molecule has 3 rings (SSSR count). The van der Waals surface area contributed by atoms with Crippen molar-refractivity contribution in [3.63, 3.8) is 0 Å². The molecule has 9 heteroatoms. The topological polar surface area (TPSA) is 84.9 Å².